The number of aliphatic hydroxyl groups excluding tert-OH is 1. The summed E-state index contributed by atoms with van der Waals surface area (Å²) in [6.07, 6.45) is 3.78. The summed E-state index contributed by atoms with van der Waals surface area (Å²) in [5.41, 5.74) is 5.23. The number of hydrogen-bond acceptors (Lipinski definition) is 3. The van der Waals surface area contributed by atoms with E-state index in [9.17, 15) is 0 Å². The maximum absolute atomic E-state index is 8.79. The molecule has 0 spiro atoms. The van der Waals surface area contributed by atoms with Gasteiger partial charge in [0.2, 0.25) is 0 Å². The van der Waals surface area contributed by atoms with E-state index in [0.29, 0.717) is 13.2 Å². The highest BCUT2D eigenvalue weighted by atomic mass is 16.5. The molecular formula is C8H18NO2. The summed E-state index contributed by atoms with van der Waals surface area (Å²) < 4.78 is 5.29. The zero-order valence-corrected chi connectivity index (χ0v) is 7.12. The van der Waals surface area contributed by atoms with Gasteiger partial charge >= 0.3 is 0 Å². The van der Waals surface area contributed by atoms with Crippen molar-refractivity contribution in [3.05, 3.63) is 6.42 Å². The molecule has 0 aromatic heterocycles. The molecule has 0 aliphatic carbocycles. The number of hydrogen-bond donors (Lipinski definition) is 2. The van der Waals surface area contributed by atoms with Crippen molar-refractivity contribution < 1.29 is 9.84 Å². The van der Waals surface area contributed by atoms with Crippen LogP contribution in [0, 0.1) is 6.42 Å². The zero-order chi connectivity index (χ0) is 8.53. The predicted molar refractivity (Wildman–Crippen MR) is 45.1 cm³/mol. The van der Waals surface area contributed by atoms with E-state index in [4.69, 9.17) is 15.6 Å². The summed E-state index contributed by atoms with van der Waals surface area (Å²) in [5, 5.41) is 8.79. The minimum atomic E-state index is -0.0113. The summed E-state index contributed by atoms with van der Waals surface area (Å²) in [7, 11) is 0. The Balaban J connectivity index is 3.20. The molecule has 0 aliphatic rings. The number of nitrogens with two attached hydrogens (primary N) is 1. The van der Waals surface area contributed by atoms with Crippen molar-refractivity contribution in [1.29, 1.82) is 0 Å². The molecule has 0 amide bonds. The molecule has 0 saturated heterocycles. The average molecular weight is 160 g/mol. The summed E-state index contributed by atoms with van der Waals surface area (Å²) in [5.74, 6) is 0. The fourth-order valence-electron chi connectivity index (χ4n) is 0.821. The first-order valence-electron chi connectivity index (χ1n) is 4.09. The SMILES string of the molecule is CCCC(CO)OC[CH]CN. The van der Waals surface area contributed by atoms with Crippen LogP contribution in [0.1, 0.15) is 19.8 Å². The lowest BCUT2D eigenvalue weighted by atomic mass is 10.2. The molecule has 0 bridgehead atoms. The third-order valence-electron chi connectivity index (χ3n) is 1.43. The van der Waals surface area contributed by atoms with Crippen molar-refractivity contribution in [2.45, 2.75) is 25.9 Å². The smallest absolute Gasteiger partial charge is 0.0805 e. The van der Waals surface area contributed by atoms with Gasteiger partial charge in [0.25, 0.3) is 0 Å². The molecule has 11 heavy (non-hydrogen) atoms. The molecule has 67 valence electrons. The van der Waals surface area contributed by atoms with Gasteiger partial charge in [0, 0.05) is 6.42 Å². The topological polar surface area (TPSA) is 55.5 Å². The predicted octanol–water partition coefficient (Wildman–Crippen LogP) is 0.327. The average Bonchev–Trinajstić information content (AvgIpc) is 2.03. The van der Waals surface area contributed by atoms with E-state index in [1.165, 1.54) is 0 Å². The second-order valence-corrected chi connectivity index (χ2v) is 2.45. The van der Waals surface area contributed by atoms with Gasteiger partial charge in [-0.2, -0.15) is 0 Å². The Morgan fingerprint density at radius 3 is 2.82 bits per heavy atom. The molecule has 1 atom stereocenters. The largest absolute Gasteiger partial charge is 0.394 e. The number of ether oxygens (including phenoxy) is 1. The fraction of sp³-hybridized carbons (Fsp3) is 0.875. The molecule has 1 radical (unpaired) electrons. The lowest BCUT2D eigenvalue weighted by Gasteiger charge is -2.13. The second kappa shape index (κ2) is 7.98. The highest BCUT2D eigenvalue weighted by molar-refractivity contribution is 4.65. The van der Waals surface area contributed by atoms with E-state index < -0.39 is 0 Å². The fourth-order valence-corrected chi connectivity index (χ4v) is 0.821. The minimum Gasteiger partial charge on any atom is -0.394 e. The highest BCUT2D eigenvalue weighted by Crippen LogP contribution is 2.00. The molecule has 0 aromatic rings. The third-order valence-corrected chi connectivity index (χ3v) is 1.43. The molecule has 1 unspecified atom stereocenters. The van der Waals surface area contributed by atoms with Crippen LogP contribution in [0.25, 0.3) is 0 Å². The molecule has 3 N–H and O–H groups in total. The van der Waals surface area contributed by atoms with Crippen LogP contribution in [0.3, 0.4) is 0 Å². The van der Waals surface area contributed by atoms with Crippen LogP contribution in [0.4, 0.5) is 0 Å². The summed E-state index contributed by atoms with van der Waals surface area (Å²) in [4.78, 5) is 0. The van der Waals surface area contributed by atoms with Crippen LogP contribution in [-0.2, 0) is 4.74 Å². The molecule has 0 heterocycles. The van der Waals surface area contributed by atoms with Gasteiger partial charge < -0.3 is 15.6 Å². The number of rotatable bonds is 7. The summed E-state index contributed by atoms with van der Waals surface area (Å²) >= 11 is 0. The van der Waals surface area contributed by atoms with E-state index in [2.05, 4.69) is 6.92 Å². The Bertz CT molecular complexity index is 78.5. The van der Waals surface area contributed by atoms with Crippen LogP contribution in [0.2, 0.25) is 0 Å². The van der Waals surface area contributed by atoms with Crippen LogP contribution in [0.15, 0.2) is 0 Å². The van der Waals surface area contributed by atoms with Crippen LogP contribution >= 0.6 is 0 Å². The van der Waals surface area contributed by atoms with Gasteiger partial charge in [0.05, 0.1) is 19.3 Å². The first kappa shape index (κ1) is 10.9. The van der Waals surface area contributed by atoms with Crippen LogP contribution in [0.5, 0.6) is 0 Å². The maximum Gasteiger partial charge on any atom is 0.0805 e. The summed E-state index contributed by atoms with van der Waals surface area (Å²) in [6.45, 7) is 3.25. The van der Waals surface area contributed by atoms with Gasteiger partial charge in [-0.1, -0.05) is 13.3 Å². The van der Waals surface area contributed by atoms with Gasteiger partial charge in [-0.15, -0.1) is 0 Å². The Morgan fingerprint density at radius 2 is 2.36 bits per heavy atom. The van der Waals surface area contributed by atoms with Gasteiger partial charge in [-0.3, -0.25) is 0 Å². The Kier molecular flexibility index (Phi) is 7.89. The van der Waals surface area contributed by atoms with Gasteiger partial charge in [-0.05, 0) is 13.0 Å². The quantitative estimate of drug-likeness (QED) is 0.528. The molecule has 0 fully saturated rings. The molecule has 0 aromatic carbocycles. The van der Waals surface area contributed by atoms with Crippen molar-refractivity contribution in [2.75, 3.05) is 19.8 Å². The Hall–Kier alpha value is -0.120. The minimum absolute atomic E-state index is 0.0113. The van der Waals surface area contributed by atoms with Crippen molar-refractivity contribution >= 4 is 0 Å². The standard InChI is InChI=1S/C8H18NO2/c1-2-4-8(7-10)11-6-3-5-9/h3,8,10H,2,4-7,9H2,1H3. The Labute approximate surface area is 68.5 Å². The monoisotopic (exact) mass is 160 g/mol. The van der Waals surface area contributed by atoms with Gasteiger partial charge in [0.1, 0.15) is 0 Å². The van der Waals surface area contributed by atoms with E-state index >= 15 is 0 Å². The highest BCUT2D eigenvalue weighted by Gasteiger charge is 2.04. The van der Waals surface area contributed by atoms with Crippen LogP contribution in [-0.4, -0.2) is 31.0 Å². The molecular weight excluding hydrogens is 142 g/mol. The van der Waals surface area contributed by atoms with Crippen molar-refractivity contribution in [3.63, 3.8) is 0 Å². The normalized spacial score (nSPS) is 13.4. The Morgan fingerprint density at radius 1 is 1.64 bits per heavy atom. The van der Waals surface area contributed by atoms with Gasteiger partial charge in [0.15, 0.2) is 0 Å². The maximum atomic E-state index is 8.79. The lowest BCUT2D eigenvalue weighted by Crippen LogP contribution is -2.19. The van der Waals surface area contributed by atoms with E-state index in [1.54, 1.807) is 0 Å². The van der Waals surface area contributed by atoms with Crippen molar-refractivity contribution in [1.82, 2.24) is 0 Å². The molecule has 0 aliphatic heterocycles. The number of aliphatic hydroxyl groups is 1. The van der Waals surface area contributed by atoms with Crippen LogP contribution < -0.4 is 5.73 Å². The van der Waals surface area contributed by atoms with Crippen molar-refractivity contribution in [3.8, 4) is 0 Å². The second-order valence-electron chi connectivity index (χ2n) is 2.45. The van der Waals surface area contributed by atoms with E-state index in [-0.39, 0.29) is 12.7 Å². The summed E-state index contributed by atoms with van der Waals surface area (Å²) in [6, 6.07) is 0. The lowest BCUT2D eigenvalue weighted by molar-refractivity contribution is 0.0182. The zero-order valence-electron chi connectivity index (χ0n) is 7.12. The van der Waals surface area contributed by atoms with Gasteiger partial charge in [-0.25, -0.2) is 0 Å². The third kappa shape index (κ3) is 6.28. The van der Waals surface area contributed by atoms with Crippen molar-refractivity contribution in [2.24, 2.45) is 5.73 Å². The first-order chi connectivity index (χ1) is 5.35. The first-order valence-corrected chi connectivity index (χ1v) is 4.09. The molecule has 0 saturated carbocycles. The van der Waals surface area contributed by atoms with E-state index in [1.807, 2.05) is 6.42 Å². The van der Waals surface area contributed by atoms with E-state index in [0.717, 1.165) is 12.8 Å². The molecule has 0 rings (SSSR count). The molecule has 3 nitrogen and oxygen atoms in total. The molecule has 3 heteroatoms.